The molecule has 0 aromatic heterocycles. The van der Waals surface area contributed by atoms with Crippen molar-refractivity contribution >= 4 is 21.6 Å². The smallest absolute Gasteiger partial charge is 0.435 e. The molecule has 0 saturated heterocycles. The Morgan fingerprint density at radius 3 is 2.19 bits per heavy atom. The molecule has 1 aromatic rings. The van der Waals surface area contributed by atoms with Gasteiger partial charge in [0.15, 0.2) is 0 Å². The Labute approximate surface area is 321 Å². The van der Waals surface area contributed by atoms with Gasteiger partial charge in [0.25, 0.3) is 0 Å². The number of likely N-dealkylation sites (N-methyl/N-ethyl adjacent to an activating group) is 1. The second-order valence-electron chi connectivity index (χ2n) is 16.0. The largest absolute Gasteiger partial charge is 0.494 e. The highest BCUT2D eigenvalue weighted by Gasteiger charge is 2.85. The molecule has 5 atom stereocenters. The molecule has 0 bridgehead atoms. The number of nitrogens with zero attached hydrogens (tertiary/aromatic N) is 1. The van der Waals surface area contributed by atoms with Gasteiger partial charge in [-0.05, 0) is 125 Å². The van der Waals surface area contributed by atoms with E-state index in [0.29, 0.717) is 24.4 Å². The van der Waals surface area contributed by atoms with Gasteiger partial charge in [-0.1, -0.05) is 47.4 Å². The number of unbranched alkanes of at least 4 members (excludes halogenated alkanes) is 3. The summed E-state index contributed by atoms with van der Waals surface area (Å²) >= 11 is 0. The summed E-state index contributed by atoms with van der Waals surface area (Å²) in [5.41, 5.74) is -3.60. The molecule has 0 aliphatic heterocycles. The van der Waals surface area contributed by atoms with Gasteiger partial charge in [-0.3, -0.25) is 0 Å². The second kappa shape index (κ2) is 18.7. The Balaban J connectivity index is 1.23. The number of halogens is 9. The fourth-order valence-corrected chi connectivity index (χ4v) is 11.4. The molecule has 0 radical (unpaired) electrons. The number of aliphatic hydroxyl groups is 1. The molecule has 0 amide bonds. The first-order chi connectivity index (χ1) is 25.2. The van der Waals surface area contributed by atoms with Crippen molar-refractivity contribution < 1.29 is 58.8 Å². The molecule has 3 aliphatic carbocycles. The van der Waals surface area contributed by atoms with Crippen molar-refractivity contribution in [3.05, 3.63) is 29.3 Å². The van der Waals surface area contributed by atoms with Crippen LogP contribution in [0.1, 0.15) is 102 Å². The zero-order valence-electron chi connectivity index (χ0n) is 31.6. The molecule has 1 N–H and O–H groups in total. The zero-order chi connectivity index (χ0) is 40.0. The molecule has 4 rings (SSSR count). The minimum absolute atomic E-state index is 0.0729. The Morgan fingerprint density at radius 2 is 1.52 bits per heavy atom. The molecule has 0 heterocycles. The van der Waals surface area contributed by atoms with E-state index in [1.54, 1.807) is 0 Å². The number of ether oxygens (including phenoxy) is 3. The number of aliphatic hydroxyl groups excluding tert-OH is 1. The molecule has 3 unspecified atom stereocenters. The lowest BCUT2D eigenvalue weighted by molar-refractivity contribution is -0.457. The SMILES string of the molecule is CN(CCO[C@H]1CCC2C3CCc4cc(OCCC(C)(C)SSCCCCCCO)ccc4C3CC[C@@]21C)CCOC(C(F)(F)F)(C(F)(F)F)C(F)(F)F. The monoisotopic (exact) mass is 825 g/mol. The molecular weight excluding hydrogens is 770 g/mol. The Morgan fingerprint density at radius 1 is 0.852 bits per heavy atom. The highest BCUT2D eigenvalue weighted by molar-refractivity contribution is 8.77. The number of hydrogen-bond acceptors (Lipinski definition) is 7. The topological polar surface area (TPSA) is 51.2 Å². The van der Waals surface area contributed by atoms with Crippen molar-refractivity contribution in [3.8, 4) is 5.75 Å². The summed E-state index contributed by atoms with van der Waals surface area (Å²) in [6, 6.07) is 6.53. The Kier molecular flexibility index (Phi) is 15.8. The van der Waals surface area contributed by atoms with E-state index in [2.05, 4.69) is 43.7 Å². The number of hydrogen-bond donors (Lipinski definition) is 1. The highest BCUT2D eigenvalue weighted by Crippen LogP contribution is 2.62. The molecule has 5 nitrogen and oxygen atoms in total. The number of alkyl halides is 9. The minimum Gasteiger partial charge on any atom is -0.494 e. The lowest BCUT2D eigenvalue weighted by Crippen LogP contribution is -2.68. The highest BCUT2D eigenvalue weighted by atomic mass is 33.1. The van der Waals surface area contributed by atoms with E-state index in [-0.39, 0.29) is 36.0 Å². The van der Waals surface area contributed by atoms with Crippen LogP contribution in [0.2, 0.25) is 0 Å². The molecule has 2 saturated carbocycles. The van der Waals surface area contributed by atoms with Gasteiger partial charge in [0.05, 0.1) is 25.9 Å². The number of aryl methyl sites for hydroxylation is 1. The maximum absolute atomic E-state index is 13.2. The van der Waals surface area contributed by atoms with E-state index in [1.807, 2.05) is 21.6 Å². The lowest BCUT2D eigenvalue weighted by atomic mass is 9.55. The quantitative estimate of drug-likeness (QED) is 0.0798. The molecule has 312 valence electrons. The van der Waals surface area contributed by atoms with Crippen LogP contribution in [0.15, 0.2) is 18.2 Å². The van der Waals surface area contributed by atoms with Crippen LogP contribution >= 0.6 is 21.6 Å². The van der Waals surface area contributed by atoms with E-state index < -0.39 is 37.3 Å². The molecule has 3 aliphatic rings. The van der Waals surface area contributed by atoms with Crippen LogP contribution in [0.25, 0.3) is 0 Å². The average molecular weight is 826 g/mol. The normalized spacial score (nSPS) is 25.1. The molecular formula is C38H56F9NO4S2. The van der Waals surface area contributed by atoms with Gasteiger partial charge in [-0.15, -0.1) is 0 Å². The first-order valence-electron chi connectivity index (χ1n) is 19.0. The fraction of sp³-hybridized carbons (Fsp3) is 0.842. The van der Waals surface area contributed by atoms with Crippen molar-refractivity contribution in [3.63, 3.8) is 0 Å². The summed E-state index contributed by atoms with van der Waals surface area (Å²) in [5, 5.41) is 8.91. The van der Waals surface area contributed by atoms with Crippen LogP contribution in [0.5, 0.6) is 5.75 Å². The molecule has 16 heteroatoms. The van der Waals surface area contributed by atoms with E-state index in [0.717, 1.165) is 82.1 Å². The van der Waals surface area contributed by atoms with E-state index in [4.69, 9.17) is 14.6 Å². The number of rotatable bonds is 20. The third-order valence-corrected chi connectivity index (χ3v) is 15.2. The fourth-order valence-electron chi connectivity index (χ4n) is 8.70. The average Bonchev–Trinajstić information content (AvgIpc) is 3.40. The third-order valence-electron chi connectivity index (χ3n) is 11.8. The Bertz CT molecular complexity index is 1290. The zero-order valence-corrected chi connectivity index (χ0v) is 33.2. The van der Waals surface area contributed by atoms with Crippen molar-refractivity contribution in [2.45, 2.75) is 132 Å². The van der Waals surface area contributed by atoms with Gasteiger partial charge in [-0.2, -0.15) is 39.5 Å². The third kappa shape index (κ3) is 10.7. The van der Waals surface area contributed by atoms with E-state index in [9.17, 15) is 39.5 Å². The van der Waals surface area contributed by atoms with Crippen LogP contribution in [0.4, 0.5) is 39.5 Å². The molecule has 1 aromatic carbocycles. The summed E-state index contributed by atoms with van der Waals surface area (Å²) in [7, 11) is 5.20. The first-order valence-corrected chi connectivity index (χ1v) is 21.3. The van der Waals surface area contributed by atoms with E-state index >= 15 is 0 Å². The standard InChI is InChI=1S/C38H56F9NO4S2/c1-33(2,54-53-24-8-6-5-7-20-49)17-21-50-27-10-12-28-26(25-27)9-11-30-29(28)15-16-34(3)31(30)13-14-32(34)51-22-18-48(4)19-23-52-35(36(39,40)41,37(42,43)44)38(45,46)47/h10,12,25,29-32,49H,5-9,11,13-24H2,1-4H3/t29?,30?,31?,32-,34-/m0/s1. The maximum Gasteiger partial charge on any atom is 0.435 e. The predicted octanol–water partition coefficient (Wildman–Crippen LogP) is 10.8. The number of fused-ring (bicyclic) bond motifs is 5. The van der Waals surface area contributed by atoms with Crippen LogP contribution in [-0.4, -0.2) is 97.3 Å². The molecule has 0 spiro atoms. The first kappa shape index (κ1) is 45.6. The second-order valence-corrected chi connectivity index (χ2v) is 19.1. The predicted molar refractivity (Wildman–Crippen MR) is 195 cm³/mol. The van der Waals surface area contributed by atoms with Gasteiger partial charge in [-0.25, -0.2) is 0 Å². The molecule has 2 fully saturated rings. The summed E-state index contributed by atoms with van der Waals surface area (Å²) in [6.07, 6.45) is -9.29. The van der Waals surface area contributed by atoms with Gasteiger partial charge in [0.1, 0.15) is 5.75 Å². The summed E-state index contributed by atoms with van der Waals surface area (Å²) < 4.78 is 135. The summed E-state index contributed by atoms with van der Waals surface area (Å²) in [5.74, 6) is 3.38. The Hall–Kier alpha value is -1.07. The molecule has 54 heavy (non-hydrogen) atoms. The maximum atomic E-state index is 13.2. The lowest BCUT2D eigenvalue weighted by Gasteiger charge is -2.50. The van der Waals surface area contributed by atoms with Crippen molar-refractivity contribution in [2.75, 3.05) is 52.3 Å². The minimum atomic E-state index is -6.74. The van der Waals surface area contributed by atoms with Crippen molar-refractivity contribution in [2.24, 2.45) is 17.3 Å². The van der Waals surface area contributed by atoms with Crippen LogP contribution < -0.4 is 4.74 Å². The van der Waals surface area contributed by atoms with Gasteiger partial charge in [0.2, 0.25) is 0 Å². The van der Waals surface area contributed by atoms with Crippen molar-refractivity contribution in [1.29, 1.82) is 0 Å². The summed E-state index contributed by atoms with van der Waals surface area (Å²) in [4.78, 5) is 1.31. The van der Waals surface area contributed by atoms with Gasteiger partial charge in [0, 0.05) is 30.2 Å². The van der Waals surface area contributed by atoms with Crippen molar-refractivity contribution in [1.82, 2.24) is 4.90 Å². The van der Waals surface area contributed by atoms with Gasteiger partial charge < -0.3 is 24.2 Å². The summed E-state index contributed by atoms with van der Waals surface area (Å²) in [6.45, 7) is 5.87. The van der Waals surface area contributed by atoms with E-state index in [1.165, 1.54) is 23.1 Å². The number of benzene rings is 1. The van der Waals surface area contributed by atoms with Gasteiger partial charge >= 0.3 is 24.1 Å². The van der Waals surface area contributed by atoms with Crippen LogP contribution in [0.3, 0.4) is 0 Å². The van der Waals surface area contributed by atoms with Crippen LogP contribution in [-0.2, 0) is 15.9 Å². The van der Waals surface area contributed by atoms with Crippen LogP contribution in [0, 0.1) is 17.3 Å².